The van der Waals surface area contributed by atoms with Crippen LogP contribution >= 0.6 is 11.3 Å². The fourth-order valence-corrected chi connectivity index (χ4v) is 8.67. The van der Waals surface area contributed by atoms with Gasteiger partial charge in [-0.05, 0) is 93.7 Å². The molecule has 0 bridgehead atoms. The lowest BCUT2D eigenvalue weighted by Gasteiger charge is -2.13. The van der Waals surface area contributed by atoms with Gasteiger partial charge in [0.05, 0.1) is 0 Å². The van der Waals surface area contributed by atoms with Crippen molar-refractivity contribution >= 4 is 64.2 Å². The first-order valence-electron chi connectivity index (χ1n) is 18.0. The topological polar surface area (TPSA) is 51.8 Å². The molecule has 5 heteroatoms. The smallest absolute Gasteiger partial charge is 0.164 e. The van der Waals surface area contributed by atoms with Crippen LogP contribution in [0.1, 0.15) is 0 Å². The quantitative estimate of drug-likeness (QED) is 0.179. The summed E-state index contributed by atoms with van der Waals surface area (Å²) in [5, 5.41) is 6.97. The number of rotatable bonds is 5. The Balaban J connectivity index is 1.10. The summed E-state index contributed by atoms with van der Waals surface area (Å²) >= 11 is 1.83. The second-order valence-corrected chi connectivity index (χ2v) is 14.7. The van der Waals surface area contributed by atoms with Gasteiger partial charge in [-0.25, -0.2) is 15.0 Å². The molecule has 0 aliphatic carbocycles. The van der Waals surface area contributed by atoms with Gasteiger partial charge in [-0.1, -0.05) is 115 Å². The average molecular weight is 708 g/mol. The van der Waals surface area contributed by atoms with Crippen LogP contribution in [0.2, 0.25) is 0 Å². The van der Waals surface area contributed by atoms with Crippen molar-refractivity contribution in [2.75, 3.05) is 0 Å². The number of furan rings is 1. The molecule has 3 heterocycles. The van der Waals surface area contributed by atoms with Gasteiger partial charge >= 0.3 is 0 Å². The van der Waals surface area contributed by atoms with Crippen molar-refractivity contribution in [1.82, 2.24) is 15.0 Å². The van der Waals surface area contributed by atoms with E-state index >= 15 is 0 Å². The number of hydrogen-bond acceptors (Lipinski definition) is 5. The Morgan fingerprint density at radius 3 is 1.74 bits per heavy atom. The summed E-state index contributed by atoms with van der Waals surface area (Å²) in [6.07, 6.45) is 0. The molecule has 0 radical (unpaired) electrons. The molecule has 54 heavy (non-hydrogen) atoms. The Labute approximate surface area is 314 Å². The zero-order chi connectivity index (χ0) is 35.6. The molecule has 252 valence electrons. The lowest BCUT2D eigenvalue weighted by atomic mass is 9.95. The minimum absolute atomic E-state index is 0.614. The first-order chi connectivity index (χ1) is 26.7. The molecule has 0 unspecified atom stereocenters. The van der Waals surface area contributed by atoms with Crippen LogP contribution in [0.15, 0.2) is 180 Å². The van der Waals surface area contributed by atoms with E-state index in [0.717, 1.165) is 71.7 Å². The number of benzene rings is 8. The van der Waals surface area contributed by atoms with Gasteiger partial charge in [0.15, 0.2) is 17.5 Å². The van der Waals surface area contributed by atoms with Crippen LogP contribution in [0.25, 0.3) is 109 Å². The number of thiophene rings is 1. The van der Waals surface area contributed by atoms with Crippen molar-refractivity contribution in [3.05, 3.63) is 176 Å². The highest BCUT2D eigenvalue weighted by Crippen LogP contribution is 2.39. The summed E-state index contributed by atoms with van der Waals surface area (Å²) in [5.41, 5.74) is 9.00. The molecule has 0 atom stereocenters. The third kappa shape index (κ3) is 5.25. The van der Waals surface area contributed by atoms with Crippen LogP contribution in [0, 0.1) is 0 Å². The fraction of sp³-hybridized carbons (Fsp3) is 0. The van der Waals surface area contributed by atoms with E-state index in [1.54, 1.807) is 0 Å². The van der Waals surface area contributed by atoms with Gasteiger partial charge in [0.2, 0.25) is 0 Å². The highest BCUT2D eigenvalue weighted by Gasteiger charge is 2.17. The van der Waals surface area contributed by atoms with Crippen molar-refractivity contribution in [3.8, 4) is 56.4 Å². The van der Waals surface area contributed by atoms with Gasteiger partial charge in [0.1, 0.15) is 11.2 Å². The Kier molecular flexibility index (Phi) is 7.00. The summed E-state index contributed by atoms with van der Waals surface area (Å²) in [4.78, 5) is 15.4. The Bertz CT molecular complexity index is 3220. The molecule has 11 rings (SSSR count). The van der Waals surface area contributed by atoms with Crippen LogP contribution in [0.5, 0.6) is 0 Å². The van der Waals surface area contributed by atoms with E-state index in [1.165, 1.54) is 20.2 Å². The van der Waals surface area contributed by atoms with Crippen molar-refractivity contribution in [1.29, 1.82) is 0 Å². The second-order valence-electron chi connectivity index (χ2n) is 13.7. The first-order valence-corrected chi connectivity index (χ1v) is 18.8. The Morgan fingerprint density at radius 2 is 0.926 bits per heavy atom. The molecular weight excluding hydrogens is 679 g/mol. The van der Waals surface area contributed by atoms with Crippen LogP contribution in [0.3, 0.4) is 0 Å². The lowest BCUT2D eigenvalue weighted by molar-refractivity contribution is 0.669. The van der Waals surface area contributed by atoms with E-state index in [0.29, 0.717) is 17.5 Å². The maximum atomic E-state index is 6.25. The van der Waals surface area contributed by atoms with Gasteiger partial charge in [0.25, 0.3) is 0 Å². The monoisotopic (exact) mass is 707 g/mol. The molecule has 0 N–H and O–H groups in total. The summed E-state index contributed by atoms with van der Waals surface area (Å²) < 4.78 is 8.83. The SMILES string of the molecule is c1ccc(-c2cc(-c3ccc4sc5ccccc5c4c3)cc(-c3nc(-c4ccccc4)nc(-c4ccc5cc6c(cc5c4)oc4ccccc46)n3)c2)cc1. The number of fused-ring (bicyclic) bond motifs is 7. The molecule has 0 aliphatic rings. The van der Waals surface area contributed by atoms with Crippen molar-refractivity contribution < 1.29 is 4.42 Å². The molecule has 0 saturated heterocycles. The molecule has 0 saturated carbocycles. The van der Waals surface area contributed by atoms with E-state index < -0.39 is 0 Å². The normalized spacial score (nSPS) is 11.7. The van der Waals surface area contributed by atoms with Crippen molar-refractivity contribution in [2.45, 2.75) is 0 Å². The largest absolute Gasteiger partial charge is 0.456 e. The third-order valence-corrected chi connectivity index (χ3v) is 11.4. The number of hydrogen-bond donors (Lipinski definition) is 0. The number of aromatic nitrogens is 3. The van der Waals surface area contributed by atoms with Crippen molar-refractivity contribution in [2.24, 2.45) is 0 Å². The summed E-state index contributed by atoms with van der Waals surface area (Å²) in [5.74, 6) is 1.86. The van der Waals surface area contributed by atoms with Crippen LogP contribution in [-0.2, 0) is 0 Å². The third-order valence-electron chi connectivity index (χ3n) is 10.3. The van der Waals surface area contributed by atoms with E-state index in [4.69, 9.17) is 19.4 Å². The zero-order valence-electron chi connectivity index (χ0n) is 28.9. The van der Waals surface area contributed by atoms with Crippen LogP contribution in [-0.4, -0.2) is 15.0 Å². The van der Waals surface area contributed by atoms with Gasteiger partial charge in [-0.15, -0.1) is 11.3 Å². The van der Waals surface area contributed by atoms with Gasteiger partial charge in [-0.2, -0.15) is 0 Å². The average Bonchev–Trinajstić information content (AvgIpc) is 3.80. The highest BCUT2D eigenvalue weighted by molar-refractivity contribution is 7.25. The summed E-state index contributed by atoms with van der Waals surface area (Å²) in [7, 11) is 0. The molecule has 3 aromatic heterocycles. The zero-order valence-corrected chi connectivity index (χ0v) is 29.7. The molecule has 8 aromatic carbocycles. The van der Waals surface area contributed by atoms with E-state index in [9.17, 15) is 0 Å². The van der Waals surface area contributed by atoms with Gasteiger partial charge in [-0.3, -0.25) is 0 Å². The fourth-order valence-electron chi connectivity index (χ4n) is 7.58. The minimum Gasteiger partial charge on any atom is -0.456 e. The van der Waals surface area contributed by atoms with Gasteiger partial charge < -0.3 is 4.42 Å². The van der Waals surface area contributed by atoms with Crippen LogP contribution < -0.4 is 0 Å². The molecule has 0 amide bonds. The predicted octanol–water partition coefficient (Wildman–Crippen LogP) is 13.6. The molecule has 0 fully saturated rings. The molecule has 0 spiro atoms. The molecule has 4 nitrogen and oxygen atoms in total. The molecule has 11 aromatic rings. The second kappa shape index (κ2) is 12.3. The predicted molar refractivity (Wildman–Crippen MR) is 225 cm³/mol. The van der Waals surface area contributed by atoms with E-state index in [2.05, 4.69) is 133 Å². The standard InChI is InChI=1S/C49H29N3OS/c1-3-11-30(12-4-1)35-24-36(33-21-22-46-42(28-33)40-16-8-10-18-45(40)54-46)26-38(25-35)49-51-47(31-13-5-2-6-14-31)50-48(52-49)34-20-19-32-27-41-39-15-7-9-17-43(39)53-44(41)29-37(32)23-34/h1-29H. The maximum Gasteiger partial charge on any atom is 0.164 e. The minimum atomic E-state index is 0.614. The summed E-state index contributed by atoms with van der Waals surface area (Å²) in [6.45, 7) is 0. The van der Waals surface area contributed by atoms with E-state index in [-0.39, 0.29) is 0 Å². The van der Waals surface area contributed by atoms with Crippen LogP contribution in [0.4, 0.5) is 0 Å². The van der Waals surface area contributed by atoms with Gasteiger partial charge in [0, 0.05) is 47.6 Å². The highest BCUT2D eigenvalue weighted by atomic mass is 32.1. The maximum absolute atomic E-state index is 6.25. The first kappa shape index (κ1) is 30.7. The van der Waals surface area contributed by atoms with Crippen molar-refractivity contribution in [3.63, 3.8) is 0 Å². The lowest BCUT2D eigenvalue weighted by Crippen LogP contribution is -2.00. The Morgan fingerprint density at radius 1 is 0.315 bits per heavy atom. The molecular formula is C49H29N3OS. The Hall–Kier alpha value is -6.95. The number of para-hydroxylation sites is 1. The molecule has 0 aliphatic heterocycles. The van der Waals surface area contributed by atoms with E-state index in [1.807, 2.05) is 53.8 Å². The summed E-state index contributed by atoms with van der Waals surface area (Å²) in [6, 6.07) is 61.7. The number of nitrogens with zero attached hydrogens (tertiary/aromatic N) is 3.